The molecule has 0 atom stereocenters. The van der Waals surface area contributed by atoms with Crippen LogP contribution in [-0.4, -0.2) is 31.1 Å². The normalized spacial score (nSPS) is 11.5. The van der Waals surface area contributed by atoms with E-state index < -0.39 is 0 Å². The van der Waals surface area contributed by atoms with Crippen LogP contribution in [0.3, 0.4) is 0 Å². The smallest absolute Gasteiger partial charge is 0.135 e. The van der Waals surface area contributed by atoms with Gasteiger partial charge in [0.1, 0.15) is 16.9 Å². The van der Waals surface area contributed by atoms with Gasteiger partial charge in [0, 0.05) is 75.9 Å². The number of aromatic nitrogens is 5. The van der Waals surface area contributed by atoms with Crippen LogP contribution in [0.25, 0.3) is 126 Å². The number of furan rings is 1. The summed E-state index contributed by atoms with van der Waals surface area (Å²) in [4.78, 5) is 0. The van der Waals surface area contributed by atoms with Gasteiger partial charge in [0.15, 0.2) is 0 Å². The molecule has 0 amide bonds. The Morgan fingerprint density at radius 1 is 0.532 bits per heavy atom. The SMILES string of the molecule is COc1c(-c2ccccc2)cc(C)cc1-c1ccc(-c2c(C)nn(-c3[c-]cccc3)c2C)cc1.[Ir].[c-]1csc2c3cc(-c4ccc5oc6ccc(-n7c8ccccc8c8ccccc87)cc6c5c4)ccc3c3ccnn3c12. The third-order valence-electron chi connectivity index (χ3n) is 14.8. The van der Waals surface area contributed by atoms with E-state index in [0.29, 0.717) is 0 Å². The minimum absolute atomic E-state index is 0. The second-order valence-electron chi connectivity index (χ2n) is 19.4. The van der Waals surface area contributed by atoms with Gasteiger partial charge in [-0.2, -0.15) is 34.5 Å². The Morgan fingerprint density at radius 2 is 1.14 bits per heavy atom. The molecule has 6 heterocycles. The second kappa shape index (κ2) is 19.4. The van der Waals surface area contributed by atoms with Crippen LogP contribution in [0.1, 0.15) is 17.0 Å². The van der Waals surface area contributed by atoms with E-state index in [1.807, 2.05) is 51.1 Å². The van der Waals surface area contributed by atoms with Gasteiger partial charge in [-0.1, -0.05) is 131 Å². The zero-order valence-corrected chi connectivity index (χ0v) is 45.7. The summed E-state index contributed by atoms with van der Waals surface area (Å²) < 4.78 is 19.8. The standard InChI is InChI=1S/C37H20N3OS.C31H27N2O.Ir/c1-3-7-31-25(5-1)26-6-2-4-8-32(26)39(31)24-11-14-36-29(21-24)28-19-23(10-13-35(28)41-36)22-9-12-27-30(20-22)37-34(16-18-42-37)40-33(27)15-17-38-40;1-21-19-28(24-11-7-5-8-12-24)31(34-4)29(20-21)25-15-17-26(18-16-25)30-22(2)32-33(23(30)3)27-13-9-6-10-14-27;/h1-15,17-21H;5-13,15-20H,1-4H3;/q2*-1;. The number of thiophene rings is 1. The third kappa shape index (κ3) is 8.05. The summed E-state index contributed by atoms with van der Waals surface area (Å²) in [5, 5.41) is 18.5. The monoisotopic (exact) mass is 1190 g/mol. The summed E-state index contributed by atoms with van der Waals surface area (Å²) in [6.07, 6.45) is 1.86. The van der Waals surface area contributed by atoms with Crippen LogP contribution in [-0.2, 0) is 20.1 Å². The summed E-state index contributed by atoms with van der Waals surface area (Å²) >= 11 is 1.71. The molecular weight excluding hydrogens is 1140 g/mol. The number of benzene rings is 9. The van der Waals surface area contributed by atoms with Crippen LogP contribution in [0.2, 0.25) is 0 Å². The number of methoxy groups -OCH3 is 1. The Labute approximate surface area is 462 Å². The molecule has 0 aliphatic rings. The first-order valence-electron chi connectivity index (χ1n) is 25.4. The van der Waals surface area contributed by atoms with Crippen molar-refractivity contribution in [1.29, 1.82) is 0 Å². The first kappa shape index (κ1) is 47.8. The van der Waals surface area contributed by atoms with Crippen LogP contribution >= 0.6 is 11.3 Å². The average molecular weight is 1190 g/mol. The summed E-state index contributed by atoms with van der Waals surface area (Å²) in [6.45, 7) is 6.30. The molecule has 0 unspecified atom stereocenters. The number of pyridine rings is 1. The Kier molecular flexibility index (Phi) is 12.0. The number of aryl methyl sites for hydroxylation is 2. The Bertz CT molecular complexity index is 4670. The van der Waals surface area contributed by atoms with Crippen molar-refractivity contribution >= 4 is 81.6 Å². The summed E-state index contributed by atoms with van der Waals surface area (Å²) in [5.41, 5.74) is 20.8. The van der Waals surface area contributed by atoms with Gasteiger partial charge in [-0.25, -0.2) is 6.07 Å². The van der Waals surface area contributed by atoms with Crippen LogP contribution in [0.4, 0.5) is 0 Å². The molecule has 6 aromatic heterocycles. The number of nitrogens with zero attached hydrogens (tertiary/aromatic N) is 5. The summed E-state index contributed by atoms with van der Waals surface area (Å²) in [6, 6.07) is 77.2. The fraction of sp³-hybridized carbons (Fsp3) is 0.0588. The van der Waals surface area contributed by atoms with Crippen LogP contribution in [0.5, 0.6) is 5.75 Å². The van der Waals surface area contributed by atoms with Crippen LogP contribution < -0.4 is 4.74 Å². The van der Waals surface area contributed by atoms with Gasteiger partial charge in [0.25, 0.3) is 0 Å². The first-order chi connectivity index (χ1) is 37.4. The quantitative estimate of drug-likeness (QED) is 0.149. The molecule has 0 saturated heterocycles. The second-order valence-corrected chi connectivity index (χ2v) is 20.2. The molecule has 0 spiro atoms. The van der Waals surface area contributed by atoms with Crippen molar-refractivity contribution in [3.63, 3.8) is 0 Å². The number of hydrogen-bond donors (Lipinski definition) is 0. The van der Waals surface area contributed by atoms with E-state index in [2.05, 4.69) is 212 Å². The molecule has 373 valence electrons. The number of fused-ring (bicyclic) bond motifs is 12. The van der Waals surface area contributed by atoms with Crippen molar-refractivity contribution in [2.75, 3.05) is 7.11 Å². The van der Waals surface area contributed by atoms with E-state index in [4.69, 9.17) is 14.3 Å². The predicted octanol–water partition coefficient (Wildman–Crippen LogP) is 17.8. The van der Waals surface area contributed by atoms with Crippen molar-refractivity contribution in [3.8, 4) is 61.6 Å². The van der Waals surface area contributed by atoms with E-state index in [1.165, 1.54) is 48.4 Å². The van der Waals surface area contributed by atoms with Crippen molar-refractivity contribution in [2.24, 2.45) is 0 Å². The van der Waals surface area contributed by atoms with E-state index in [1.54, 1.807) is 18.4 Å². The first-order valence-corrected chi connectivity index (χ1v) is 26.3. The Hall–Kier alpha value is -8.85. The zero-order valence-electron chi connectivity index (χ0n) is 42.5. The van der Waals surface area contributed by atoms with Crippen molar-refractivity contribution < 1.29 is 29.3 Å². The fourth-order valence-corrected chi connectivity index (χ4v) is 12.2. The molecule has 9 heteroatoms. The molecule has 0 aliphatic carbocycles. The maximum absolute atomic E-state index is 6.33. The molecule has 0 bridgehead atoms. The molecule has 0 aliphatic heterocycles. The maximum atomic E-state index is 6.33. The molecule has 1 radical (unpaired) electrons. The van der Waals surface area contributed by atoms with E-state index in [-0.39, 0.29) is 20.1 Å². The van der Waals surface area contributed by atoms with Gasteiger partial charge in [0.05, 0.1) is 29.4 Å². The van der Waals surface area contributed by atoms with Crippen molar-refractivity contribution in [1.82, 2.24) is 24.0 Å². The topological polar surface area (TPSA) is 62.4 Å². The fourth-order valence-electron chi connectivity index (χ4n) is 11.4. The molecular formula is C68H47IrN5O2S-2. The number of ether oxygens (including phenoxy) is 1. The van der Waals surface area contributed by atoms with Gasteiger partial charge in [-0.3, -0.25) is 20.5 Å². The third-order valence-corrected chi connectivity index (χ3v) is 15.7. The minimum atomic E-state index is 0. The molecule has 77 heavy (non-hydrogen) atoms. The zero-order chi connectivity index (χ0) is 51.0. The Balaban J connectivity index is 0.000000149. The molecule has 15 aromatic rings. The molecule has 0 fully saturated rings. The van der Waals surface area contributed by atoms with Gasteiger partial charge in [0.2, 0.25) is 0 Å². The molecule has 15 rings (SSSR count). The molecule has 9 aromatic carbocycles. The van der Waals surface area contributed by atoms with Crippen molar-refractivity contribution in [3.05, 3.63) is 241 Å². The van der Waals surface area contributed by atoms with E-state index in [9.17, 15) is 0 Å². The molecule has 0 saturated carbocycles. The number of rotatable bonds is 7. The molecule has 7 nitrogen and oxygen atoms in total. The van der Waals surface area contributed by atoms with Crippen LogP contribution in [0, 0.1) is 32.9 Å². The van der Waals surface area contributed by atoms with Gasteiger partial charge >= 0.3 is 0 Å². The van der Waals surface area contributed by atoms with E-state index >= 15 is 0 Å². The van der Waals surface area contributed by atoms with Gasteiger partial charge in [-0.15, -0.1) is 11.4 Å². The number of hydrogen-bond acceptors (Lipinski definition) is 5. The van der Waals surface area contributed by atoms with E-state index in [0.717, 1.165) is 100 Å². The Morgan fingerprint density at radius 3 is 1.86 bits per heavy atom. The predicted molar refractivity (Wildman–Crippen MR) is 313 cm³/mol. The molecule has 0 N–H and O–H groups in total. The van der Waals surface area contributed by atoms with Gasteiger partial charge < -0.3 is 13.7 Å². The van der Waals surface area contributed by atoms with Crippen molar-refractivity contribution in [2.45, 2.75) is 20.8 Å². The maximum Gasteiger partial charge on any atom is 0.135 e. The van der Waals surface area contributed by atoms with Crippen LogP contribution in [0.15, 0.2) is 216 Å². The van der Waals surface area contributed by atoms with Gasteiger partial charge in [-0.05, 0) is 126 Å². The summed E-state index contributed by atoms with van der Waals surface area (Å²) in [5.74, 6) is 0.893. The minimum Gasteiger partial charge on any atom is -0.495 e. The summed E-state index contributed by atoms with van der Waals surface area (Å²) in [7, 11) is 1.75. The number of para-hydroxylation sites is 3. The average Bonchev–Trinajstić information content (AvgIpc) is 4.46. The largest absolute Gasteiger partial charge is 0.495 e.